The van der Waals surface area contributed by atoms with Gasteiger partial charge in [0.05, 0.1) is 10.2 Å². The Morgan fingerprint density at radius 2 is 2.29 bits per heavy atom. The van der Waals surface area contributed by atoms with Gasteiger partial charge in [0.15, 0.2) is 5.13 Å². The average Bonchev–Trinajstić information content (AvgIpc) is 2.82. The van der Waals surface area contributed by atoms with Gasteiger partial charge in [-0.25, -0.2) is 4.98 Å². The molecular weight excluding hydrogens is 192 g/mol. The second-order valence-electron chi connectivity index (χ2n) is 3.49. The summed E-state index contributed by atoms with van der Waals surface area (Å²) in [7, 11) is 0. The van der Waals surface area contributed by atoms with Crippen LogP contribution in [0.2, 0.25) is 0 Å². The Morgan fingerprint density at radius 1 is 1.36 bits per heavy atom. The monoisotopic (exact) mass is 205 g/mol. The predicted octanol–water partition coefficient (Wildman–Crippen LogP) is 2.90. The lowest BCUT2D eigenvalue weighted by Gasteiger charge is -2.11. The third kappa shape index (κ3) is 1.28. The van der Waals surface area contributed by atoms with Crippen LogP contribution in [-0.2, 0) is 0 Å². The molecule has 1 atom stereocenters. The highest BCUT2D eigenvalue weighted by molar-refractivity contribution is 7.22. The average molecular weight is 205 g/mol. The van der Waals surface area contributed by atoms with Gasteiger partial charge in [-0.15, -0.1) is 0 Å². The van der Waals surface area contributed by atoms with Gasteiger partial charge in [-0.1, -0.05) is 23.5 Å². The first-order valence-corrected chi connectivity index (χ1v) is 5.67. The Hall–Kier alpha value is -1.09. The highest BCUT2D eigenvalue weighted by Gasteiger charge is 2.15. The zero-order valence-corrected chi connectivity index (χ0v) is 8.63. The van der Waals surface area contributed by atoms with Gasteiger partial charge in [-0.2, -0.15) is 0 Å². The minimum Gasteiger partial charge on any atom is -0.348 e. The molecule has 3 heteroatoms. The smallest absolute Gasteiger partial charge is 0.186 e. The van der Waals surface area contributed by atoms with Gasteiger partial charge < -0.3 is 4.90 Å². The number of rotatable bonds is 1. The quantitative estimate of drug-likeness (QED) is 0.711. The highest BCUT2D eigenvalue weighted by atomic mass is 32.1. The number of benzene rings is 1. The van der Waals surface area contributed by atoms with Crippen molar-refractivity contribution >= 4 is 26.7 Å². The van der Waals surface area contributed by atoms with Crippen LogP contribution in [0.15, 0.2) is 24.3 Å². The maximum absolute atomic E-state index is 7.68. The fourth-order valence-electron chi connectivity index (χ4n) is 1.75. The van der Waals surface area contributed by atoms with E-state index >= 15 is 0 Å². The normalized spacial score (nSPS) is 23.0. The van der Waals surface area contributed by atoms with E-state index in [1.165, 1.54) is 4.70 Å². The molecule has 1 saturated heterocycles. The number of fused-ring (bicyclic) bond motifs is 1. The lowest BCUT2D eigenvalue weighted by atomic mass is 10.3. The van der Waals surface area contributed by atoms with Crippen LogP contribution >= 0.6 is 11.3 Å². The molecule has 0 unspecified atom stereocenters. The van der Waals surface area contributed by atoms with Crippen molar-refractivity contribution in [3.63, 3.8) is 0 Å². The second kappa shape index (κ2) is 3.24. The number of nitrogens with zero attached hydrogens (tertiary/aromatic N) is 2. The summed E-state index contributed by atoms with van der Waals surface area (Å²) in [5.41, 5.74) is 1.07. The first kappa shape index (κ1) is 7.23. The zero-order valence-electron chi connectivity index (χ0n) is 8.81. The third-order valence-electron chi connectivity index (χ3n) is 2.51. The topological polar surface area (TPSA) is 16.1 Å². The number of hydrogen-bond donors (Lipinski definition) is 0. The molecule has 1 aliphatic heterocycles. The van der Waals surface area contributed by atoms with Crippen molar-refractivity contribution in [3.8, 4) is 0 Å². The summed E-state index contributed by atoms with van der Waals surface area (Å²) in [4.78, 5) is 6.81. The largest absolute Gasteiger partial charge is 0.348 e. The van der Waals surface area contributed by atoms with Crippen molar-refractivity contribution in [1.29, 1.82) is 0 Å². The van der Waals surface area contributed by atoms with Crippen molar-refractivity contribution in [1.82, 2.24) is 4.98 Å². The molecule has 3 rings (SSSR count). The van der Waals surface area contributed by atoms with E-state index in [2.05, 4.69) is 16.0 Å². The summed E-state index contributed by atoms with van der Waals surface area (Å²) in [6, 6.07) is 8.21. The van der Waals surface area contributed by atoms with E-state index in [0.717, 1.165) is 30.2 Å². The van der Waals surface area contributed by atoms with Crippen molar-refractivity contribution in [2.75, 3.05) is 18.0 Å². The molecule has 2 aromatic rings. The molecule has 1 aromatic heterocycles. The fourth-order valence-corrected chi connectivity index (χ4v) is 2.76. The Bertz CT molecular complexity index is 449. The summed E-state index contributed by atoms with van der Waals surface area (Å²) >= 11 is 1.73. The van der Waals surface area contributed by atoms with E-state index in [9.17, 15) is 0 Å². The van der Waals surface area contributed by atoms with Crippen LogP contribution < -0.4 is 4.90 Å². The Balaban J connectivity index is 1.98. The third-order valence-corrected chi connectivity index (χ3v) is 3.60. The first-order valence-electron chi connectivity index (χ1n) is 5.43. The predicted molar refractivity (Wildman–Crippen MR) is 61.1 cm³/mol. The van der Waals surface area contributed by atoms with E-state index < -0.39 is 0 Å². The number of hydrogen-bond acceptors (Lipinski definition) is 3. The molecule has 1 aromatic carbocycles. The molecule has 1 aliphatic rings. The summed E-state index contributed by atoms with van der Waals surface area (Å²) in [6.07, 6.45) is 1.03. The van der Waals surface area contributed by atoms with Crippen molar-refractivity contribution in [2.24, 2.45) is 0 Å². The van der Waals surface area contributed by atoms with Crippen LogP contribution in [-0.4, -0.2) is 18.1 Å². The summed E-state index contributed by atoms with van der Waals surface area (Å²) < 4.78 is 8.92. The maximum atomic E-state index is 7.68. The van der Waals surface area contributed by atoms with Crippen LogP contribution in [0.4, 0.5) is 5.13 Å². The molecule has 2 nitrogen and oxygen atoms in total. The first-order chi connectivity index (χ1) is 7.33. The molecule has 14 heavy (non-hydrogen) atoms. The van der Waals surface area contributed by atoms with E-state index in [0.29, 0.717) is 0 Å². The molecule has 0 spiro atoms. The van der Waals surface area contributed by atoms with E-state index in [1.54, 1.807) is 11.3 Å². The lowest BCUT2D eigenvalue weighted by Crippen LogP contribution is -2.16. The molecule has 0 aliphatic carbocycles. The van der Waals surface area contributed by atoms with Crippen LogP contribution in [0.1, 0.15) is 14.2 Å². The van der Waals surface area contributed by atoms with Gasteiger partial charge in [0, 0.05) is 14.5 Å². The highest BCUT2D eigenvalue weighted by Crippen LogP contribution is 2.30. The van der Waals surface area contributed by atoms with Gasteiger partial charge in [0.1, 0.15) is 0 Å². The minimum atomic E-state index is 0.0667. The van der Waals surface area contributed by atoms with Gasteiger partial charge >= 0.3 is 0 Å². The molecule has 2 heterocycles. The van der Waals surface area contributed by atoms with Crippen LogP contribution in [0.25, 0.3) is 10.2 Å². The van der Waals surface area contributed by atoms with E-state index in [1.807, 2.05) is 18.2 Å². The summed E-state index contributed by atoms with van der Waals surface area (Å²) in [5, 5.41) is 1.07. The van der Waals surface area contributed by atoms with Gasteiger partial charge in [0.2, 0.25) is 0 Å². The maximum Gasteiger partial charge on any atom is 0.186 e. The molecule has 0 N–H and O–H groups in total. The standard InChI is InChI=1S/C11H12N2S/c1-2-6-10-9(5-1)12-11(14-10)13-7-3-4-8-13/h1-2,5-6H,3-4,7-8H2/i3D/t3-/m1/s1. The van der Waals surface area contributed by atoms with Gasteiger partial charge in [0.25, 0.3) is 0 Å². The SMILES string of the molecule is [2H][C@@H]1CCN(c2nc3ccccc3s2)C1. The molecule has 0 saturated carbocycles. The van der Waals surface area contributed by atoms with Gasteiger partial charge in [-0.05, 0) is 25.0 Å². The zero-order chi connectivity index (χ0) is 10.3. The van der Waals surface area contributed by atoms with Crippen molar-refractivity contribution in [2.45, 2.75) is 12.8 Å². The van der Waals surface area contributed by atoms with E-state index in [4.69, 9.17) is 1.37 Å². The number of thiazole rings is 1. The number of aromatic nitrogens is 1. The van der Waals surface area contributed by atoms with Gasteiger partial charge in [-0.3, -0.25) is 0 Å². The fraction of sp³-hybridized carbons (Fsp3) is 0.364. The molecule has 1 fully saturated rings. The number of para-hydroxylation sites is 1. The molecule has 0 bridgehead atoms. The Kier molecular flexibility index (Phi) is 1.68. The molecule has 72 valence electrons. The van der Waals surface area contributed by atoms with Crippen LogP contribution in [0, 0.1) is 0 Å². The Morgan fingerprint density at radius 3 is 3.07 bits per heavy atom. The summed E-state index contributed by atoms with van der Waals surface area (Å²) in [5.74, 6) is 0. The second-order valence-corrected chi connectivity index (χ2v) is 4.50. The van der Waals surface area contributed by atoms with Crippen LogP contribution in [0.5, 0.6) is 0 Å². The molecule has 0 amide bonds. The van der Waals surface area contributed by atoms with Crippen molar-refractivity contribution in [3.05, 3.63) is 24.3 Å². The summed E-state index contributed by atoms with van der Waals surface area (Å²) in [6.45, 7) is 1.81. The Labute approximate surface area is 88.6 Å². The molecular formula is C11H12N2S. The lowest BCUT2D eigenvalue weighted by molar-refractivity contribution is 0.949. The molecule has 0 radical (unpaired) electrons. The van der Waals surface area contributed by atoms with Crippen LogP contribution in [0.3, 0.4) is 0 Å². The van der Waals surface area contributed by atoms with Crippen molar-refractivity contribution < 1.29 is 1.37 Å². The minimum absolute atomic E-state index is 0.0667. The van der Waals surface area contributed by atoms with E-state index in [-0.39, 0.29) is 6.40 Å². The number of anilines is 1.